The molecule has 50 heavy (non-hydrogen) atoms. The van der Waals surface area contributed by atoms with Gasteiger partial charge in [-0.15, -0.1) is 11.8 Å². The Balaban J connectivity index is 2.00. The number of nitrogens with zero attached hydrogens (tertiary/aromatic N) is 1. The minimum Gasteiger partial charge on any atom is -0.478 e. The molecule has 17 heteroatoms. The molecule has 0 amide bonds. The molecule has 2 unspecified atom stereocenters. The van der Waals surface area contributed by atoms with Crippen LogP contribution in [-0.4, -0.2) is 54.4 Å². The van der Waals surface area contributed by atoms with Crippen molar-refractivity contribution in [3.8, 4) is 11.5 Å². The number of rotatable bonds is 5. The van der Waals surface area contributed by atoms with Crippen LogP contribution in [0.1, 0.15) is 98.8 Å². The summed E-state index contributed by atoms with van der Waals surface area (Å²) in [5, 5.41) is 13.0. The van der Waals surface area contributed by atoms with Crippen molar-refractivity contribution in [3.05, 3.63) is 65.6 Å². The summed E-state index contributed by atoms with van der Waals surface area (Å²) in [6, 6.07) is 3.19. The van der Waals surface area contributed by atoms with Crippen LogP contribution in [0.25, 0.3) is 5.57 Å². The van der Waals surface area contributed by atoms with Crippen LogP contribution in [0.4, 0.5) is 5.69 Å². The Morgan fingerprint density at radius 3 is 2.08 bits per heavy atom. The highest BCUT2D eigenvalue weighted by atomic mass is 35.5. The molecule has 3 aromatic carbocycles. The fourth-order valence-electron chi connectivity index (χ4n) is 7.62. The van der Waals surface area contributed by atoms with Crippen molar-refractivity contribution in [2.24, 2.45) is 4.99 Å². The SMILES string of the molecule is CSc1c(Cl)c(Cl)c(C(=O)O)c(C2=c3cc4c(c(S(=O)(=O)O)c3Oc3c2cc2c(c3S(=O)(=O)O)NC(C)(C)CC2C)=NC(C)(C)CC4C)c1Cl. The number of benzene rings is 3. The third-order valence-corrected chi connectivity index (χ3v) is 13.3. The number of fused-ring (bicyclic) bond motifs is 4. The van der Waals surface area contributed by atoms with Gasteiger partial charge in [0.05, 0.1) is 37.2 Å². The first-order valence-corrected chi connectivity index (χ1v) is 20.6. The standard InChI is InChI=1S/C33H33Cl3N2O9S3/c1-12-10-32(3,4)37-24-14(12)8-16-18(19-20(31(39)40)21(34)23(36)28(48-7)22(19)35)17-9-15-13(2)11-33(5,6)38-25(15)30(50(44,45)46)27(17)47-26(16)29(24)49(41,42)43/h8-9,12-13,37H,10-11H2,1-7H3,(H,39,40)(H,41,42,43)(H,44,45,46). The van der Waals surface area contributed by atoms with Gasteiger partial charge < -0.3 is 15.2 Å². The molecule has 0 bridgehead atoms. The molecule has 0 radical (unpaired) electrons. The molecule has 4 N–H and O–H groups in total. The molecule has 268 valence electrons. The van der Waals surface area contributed by atoms with Crippen molar-refractivity contribution >= 4 is 84.0 Å². The third kappa shape index (κ3) is 5.89. The van der Waals surface area contributed by atoms with Crippen LogP contribution in [0.15, 0.2) is 31.8 Å². The van der Waals surface area contributed by atoms with Crippen molar-refractivity contribution in [1.29, 1.82) is 0 Å². The van der Waals surface area contributed by atoms with E-state index in [0.29, 0.717) is 24.0 Å². The van der Waals surface area contributed by atoms with E-state index < -0.39 is 64.1 Å². The topological polar surface area (TPSA) is 180 Å². The predicted molar refractivity (Wildman–Crippen MR) is 193 cm³/mol. The molecule has 3 aliphatic heterocycles. The van der Waals surface area contributed by atoms with E-state index in [1.165, 1.54) is 0 Å². The number of thioether (sulfide) groups is 1. The van der Waals surface area contributed by atoms with Gasteiger partial charge in [-0.2, -0.15) is 16.8 Å². The van der Waals surface area contributed by atoms with Crippen molar-refractivity contribution in [3.63, 3.8) is 0 Å². The number of carbonyl (C=O) groups is 1. The lowest BCUT2D eigenvalue weighted by molar-refractivity contribution is 0.0696. The average molecular weight is 804 g/mol. The Kier molecular flexibility index (Phi) is 8.92. The maximum absolute atomic E-state index is 13.4. The van der Waals surface area contributed by atoms with Gasteiger partial charge in [0, 0.05) is 32.4 Å². The third-order valence-electron chi connectivity index (χ3n) is 9.27. The summed E-state index contributed by atoms with van der Waals surface area (Å²) in [6.45, 7) is 11.0. The molecule has 0 saturated carbocycles. The van der Waals surface area contributed by atoms with Gasteiger partial charge >= 0.3 is 5.97 Å². The molecule has 11 nitrogen and oxygen atoms in total. The summed E-state index contributed by atoms with van der Waals surface area (Å²) in [4.78, 5) is 16.4. The van der Waals surface area contributed by atoms with E-state index in [-0.39, 0.29) is 64.8 Å². The number of hydrogen-bond donors (Lipinski definition) is 4. The molecule has 0 aliphatic carbocycles. The summed E-state index contributed by atoms with van der Waals surface area (Å²) >= 11 is 21.3. The molecular weight excluding hydrogens is 771 g/mol. The smallest absolute Gasteiger partial charge is 0.337 e. The summed E-state index contributed by atoms with van der Waals surface area (Å²) in [6.07, 6.45) is 2.67. The van der Waals surface area contributed by atoms with Crippen LogP contribution in [0.2, 0.25) is 15.1 Å². The minimum absolute atomic E-state index is 0.0194. The Morgan fingerprint density at radius 1 is 0.920 bits per heavy atom. The molecule has 3 aromatic rings. The molecule has 0 spiro atoms. The summed E-state index contributed by atoms with van der Waals surface area (Å²) in [5.41, 5.74) is -1.39. The normalized spacial score (nSPS) is 20.4. The summed E-state index contributed by atoms with van der Waals surface area (Å²) < 4.78 is 81.6. The van der Waals surface area contributed by atoms with Gasteiger partial charge in [0.25, 0.3) is 20.2 Å². The highest BCUT2D eigenvalue weighted by molar-refractivity contribution is 7.98. The first-order valence-electron chi connectivity index (χ1n) is 15.3. The molecule has 0 saturated heterocycles. The van der Waals surface area contributed by atoms with Gasteiger partial charge in [-0.1, -0.05) is 48.7 Å². The van der Waals surface area contributed by atoms with Gasteiger partial charge in [-0.25, -0.2) is 4.79 Å². The van der Waals surface area contributed by atoms with Crippen LogP contribution in [0.3, 0.4) is 0 Å². The van der Waals surface area contributed by atoms with E-state index in [9.17, 15) is 35.8 Å². The minimum atomic E-state index is -5.19. The van der Waals surface area contributed by atoms with Gasteiger partial charge in [0.15, 0.2) is 21.3 Å². The van der Waals surface area contributed by atoms with E-state index >= 15 is 0 Å². The zero-order valence-corrected chi connectivity index (χ0v) is 32.5. The van der Waals surface area contributed by atoms with E-state index in [1.54, 1.807) is 32.2 Å². The number of aromatic carboxylic acids is 1. The number of nitrogens with one attached hydrogen (secondary N) is 1. The van der Waals surface area contributed by atoms with Crippen LogP contribution < -0.4 is 20.6 Å². The van der Waals surface area contributed by atoms with Crippen LogP contribution in [-0.2, 0) is 20.2 Å². The second-order valence-electron chi connectivity index (χ2n) is 14.2. The van der Waals surface area contributed by atoms with Gasteiger partial charge in [0.1, 0.15) is 0 Å². The largest absolute Gasteiger partial charge is 0.478 e. The summed E-state index contributed by atoms with van der Waals surface area (Å²) in [7, 11) is -10.3. The monoisotopic (exact) mass is 802 g/mol. The Labute approximate surface area is 308 Å². The molecule has 3 aliphatic rings. The maximum atomic E-state index is 13.4. The van der Waals surface area contributed by atoms with E-state index in [2.05, 4.69) is 10.3 Å². The summed E-state index contributed by atoms with van der Waals surface area (Å²) in [5.74, 6) is -3.22. The second-order valence-corrected chi connectivity index (χ2v) is 18.8. The van der Waals surface area contributed by atoms with E-state index in [4.69, 9.17) is 39.5 Å². The fraction of sp³-hybridized carbons (Fsp3) is 0.394. The average Bonchev–Trinajstić information content (AvgIpc) is 2.94. The first-order chi connectivity index (χ1) is 22.9. The van der Waals surface area contributed by atoms with Gasteiger partial charge in [-0.05, 0) is 81.9 Å². The molecule has 6 rings (SSSR count). The van der Waals surface area contributed by atoms with Crippen molar-refractivity contribution in [2.45, 2.75) is 92.0 Å². The molecular formula is C33H33Cl3N2O9S3. The lowest BCUT2D eigenvalue weighted by Crippen LogP contribution is -2.39. The maximum Gasteiger partial charge on any atom is 0.337 e. The van der Waals surface area contributed by atoms with Crippen molar-refractivity contribution < 1.29 is 40.6 Å². The Bertz CT molecular complexity index is 2430. The molecule has 0 fully saturated rings. The zero-order chi connectivity index (χ0) is 37.2. The fourth-order valence-corrected chi connectivity index (χ4v) is 11.1. The lowest BCUT2D eigenvalue weighted by atomic mass is 9.79. The molecule has 3 heterocycles. The predicted octanol–water partition coefficient (Wildman–Crippen LogP) is 7.52. The number of carboxylic acid groups (broad SMARTS) is 1. The van der Waals surface area contributed by atoms with Crippen LogP contribution in [0, 0.1) is 0 Å². The van der Waals surface area contributed by atoms with Gasteiger partial charge in [-0.3, -0.25) is 14.1 Å². The number of ether oxygens (including phenoxy) is 1. The highest BCUT2D eigenvalue weighted by Crippen LogP contribution is 2.54. The number of carboxylic acids is 1. The zero-order valence-electron chi connectivity index (χ0n) is 27.8. The van der Waals surface area contributed by atoms with Crippen LogP contribution >= 0.6 is 46.6 Å². The van der Waals surface area contributed by atoms with Crippen molar-refractivity contribution in [2.75, 3.05) is 11.6 Å². The highest BCUT2D eigenvalue weighted by Gasteiger charge is 2.43. The van der Waals surface area contributed by atoms with Gasteiger partial charge in [0.2, 0.25) is 0 Å². The quantitative estimate of drug-likeness (QED) is 0.0891. The number of hydrogen-bond acceptors (Lipinski definition) is 9. The Hall–Kier alpha value is -2.56. The Morgan fingerprint density at radius 2 is 1.52 bits per heavy atom. The molecule has 0 aromatic heterocycles. The second kappa shape index (κ2) is 12.0. The number of anilines is 1. The van der Waals surface area contributed by atoms with Crippen LogP contribution in [0.5, 0.6) is 11.5 Å². The van der Waals surface area contributed by atoms with E-state index in [0.717, 1.165) is 11.8 Å². The lowest BCUT2D eigenvalue weighted by Gasteiger charge is -2.39. The van der Waals surface area contributed by atoms with E-state index in [1.807, 2.05) is 27.7 Å². The first kappa shape index (κ1) is 37.2. The molecule has 2 atom stereocenters. The van der Waals surface area contributed by atoms with Crippen molar-refractivity contribution in [1.82, 2.24) is 0 Å². The number of halogens is 3.